The van der Waals surface area contributed by atoms with Gasteiger partial charge in [-0.1, -0.05) is 170 Å². The monoisotopic (exact) mass is 638 g/mol. The van der Waals surface area contributed by atoms with Gasteiger partial charge in [0.2, 0.25) is 0 Å². The Bertz CT molecular complexity index is 2800. The van der Waals surface area contributed by atoms with Crippen LogP contribution < -0.4 is 0 Å². The van der Waals surface area contributed by atoms with Crippen molar-refractivity contribution < 1.29 is 0 Å². The van der Waals surface area contributed by atoms with E-state index in [2.05, 4.69) is 182 Å². The van der Waals surface area contributed by atoms with E-state index in [0.29, 0.717) is 0 Å². The Morgan fingerprint density at radius 2 is 0.857 bits per heavy atom. The van der Waals surface area contributed by atoms with Gasteiger partial charge in [0.1, 0.15) is 0 Å². The molecule has 228 valence electrons. The van der Waals surface area contributed by atoms with Gasteiger partial charge >= 0.3 is 0 Å². The largest absolute Gasteiger partial charge is 0.135 e. The van der Waals surface area contributed by atoms with Crippen molar-refractivity contribution in [3.8, 4) is 44.5 Å². The molecule has 1 aromatic heterocycles. The number of hydrogen-bond donors (Lipinski definition) is 0. The van der Waals surface area contributed by atoms with Crippen molar-refractivity contribution in [1.29, 1.82) is 0 Å². The smallest absolute Gasteiger partial charge is 0.0434 e. The molecule has 10 rings (SSSR count). The Morgan fingerprint density at radius 1 is 0.306 bits per heavy atom. The fourth-order valence-electron chi connectivity index (χ4n) is 7.85. The molecule has 0 aliphatic rings. The molecule has 0 aliphatic heterocycles. The Kier molecular flexibility index (Phi) is 6.47. The van der Waals surface area contributed by atoms with E-state index >= 15 is 0 Å². The molecule has 0 fully saturated rings. The standard InChI is InChI=1S/C48H30S/c1-2-12-31(13-3-1)35-15-10-16-36(30-35)46-41-20-8-6-18-39(41)45(40-19-7-9-21-42(40)46)34-26-24-33(25-27-34)37-22-11-23-44-47(37)43-29-28-32-14-4-5-17-38(32)48(43)49-44/h1-30H. The molecule has 0 atom stereocenters. The van der Waals surface area contributed by atoms with Crippen LogP contribution >= 0.6 is 11.3 Å². The van der Waals surface area contributed by atoms with Crippen LogP contribution in [0.15, 0.2) is 182 Å². The van der Waals surface area contributed by atoms with Crippen LogP contribution in [-0.2, 0) is 0 Å². The minimum atomic E-state index is 1.23. The van der Waals surface area contributed by atoms with E-state index in [9.17, 15) is 0 Å². The Morgan fingerprint density at radius 3 is 1.57 bits per heavy atom. The van der Waals surface area contributed by atoms with Gasteiger partial charge < -0.3 is 0 Å². The summed E-state index contributed by atoms with van der Waals surface area (Å²) in [6, 6.07) is 66.8. The molecule has 0 saturated carbocycles. The first-order valence-electron chi connectivity index (χ1n) is 16.8. The Balaban J connectivity index is 1.15. The lowest BCUT2D eigenvalue weighted by Gasteiger charge is -2.18. The molecule has 0 aliphatic carbocycles. The summed E-state index contributed by atoms with van der Waals surface area (Å²) >= 11 is 1.90. The average Bonchev–Trinajstić information content (AvgIpc) is 3.57. The Hall–Kier alpha value is -6.02. The summed E-state index contributed by atoms with van der Waals surface area (Å²) in [6.45, 7) is 0. The van der Waals surface area contributed by atoms with E-state index in [1.807, 2.05) is 11.3 Å². The molecule has 1 heterocycles. The zero-order chi connectivity index (χ0) is 32.3. The molecule has 49 heavy (non-hydrogen) atoms. The first-order valence-corrected chi connectivity index (χ1v) is 17.7. The number of benzene rings is 9. The summed E-state index contributed by atoms with van der Waals surface area (Å²) < 4.78 is 2.70. The topological polar surface area (TPSA) is 0 Å². The highest BCUT2D eigenvalue weighted by Gasteiger charge is 2.18. The molecule has 0 bridgehead atoms. The normalized spacial score (nSPS) is 11.7. The minimum absolute atomic E-state index is 1.23. The highest BCUT2D eigenvalue weighted by atomic mass is 32.1. The van der Waals surface area contributed by atoms with Crippen molar-refractivity contribution >= 4 is 63.8 Å². The van der Waals surface area contributed by atoms with Crippen LogP contribution in [0.4, 0.5) is 0 Å². The fourth-order valence-corrected chi connectivity index (χ4v) is 9.11. The quantitative estimate of drug-likeness (QED) is 0.168. The zero-order valence-electron chi connectivity index (χ0n) is 26.7. The van der Waals surface area contributed by atoms with Gasteiger partial charge in [0.15, 0.2) is 0 Å². The predicted molar refractivity (Wildman–Crippen MR) is 214 cm³/mol. The third-order valence-corrected chi connectivity index (χ3v) is 11.3. The lowest BCUT2D eigenvalue weighted by Crippen LogP contribution is -1.91. The van der Waals surface area contributed by atoms with Gasteiger partial charge in [0.25, 0.3) is 0 Å². The van der Waals surface area contributed by atoms with E-state index in [0.717, 1.165) is 0 Å². The highest BCUT2D eigenvalue weighted by Crippen LogP contribution is 2.46. The minimum Gasteiger partial charge on any atom is -0.135 e. The van der Waals surface area contributed by atoms with Crippen LogP contribution in [-0.4, -0.2) is 0 Å². The molecule has 10 aromatic rings. The van der Waals surface area contributed by atoms with E-state index in [4.69, 9.17) is 0 Å². The second-order valence-electron chi connectivity index (χ2n) is 12.8. The maximum atomic E-state index is 2.34. The van der Waals surface area contributed by atoms with E-state index in [1.165, 1.54) is 97.0 Å². The van der Waals surface area contributed by atoms with Crippen LogP contribution in [0.2, 0.25) is 0 Å². The van der Waals surface area contributed by atoms with Crippen molar-refractivity contribution in [2.24, 2.45) is 0 Å². The number of fused-ring (bicyclic) bond motifs is 7. The molecule has 0 unspecified atom stereocenters. The van der Waals surface area contributed by atoms with Gasteiger partial charge in [-0.2, -0.15) is 0 Å². The molecule has 0 radical (unpaired) electrons. The summed E-state index contributed by atoms with van der Waals surface area (Å²) in [5.41, 5.74) is 10.0. The van der Waals surface area contributed by atoms with Crippen LogP contribution in [0.5, 0.6) is 0 Å². The first-order chi connectivity index (χ1) is 24.3. The van der Waals surface area contributed by atoms with Crippen LogP contribution in [0.25, 0.3) is 97.0 Å². The van der Waals surface area contributed by atoms with Crippen molar-refractivity contribution in [2.75, 3.05) is 0 Å². The first kappa shape index (κ1) is 28.0. The van der Waals surface area contributed by atoms with E-state index in [-0.39, 0.29) is 0 Å². The lowest BCUT2D eigenvalue weighted by atomic mass is 9.85. The molecule has 0 amide bonds. The predicted octanol–water partition coefficient (Wildman–Crippen LogP) is 14.2. The van der Waals surface area contributed by atoms with Crippen molar-refractivity contribution in [2.45, 2.75) is 0 Å². The van der Waals surface area contributed by atoms with Crippen LogP contribution in [0.3, 0.4) is 0 Å². The molecule has 0 spiro atoms. The molecule has 9 aromatic carbocycles. The van der Waals surface area contributed by atoms with E-state index < -0.39 is 0 Å². The molecule has 0 N–H and O–H groups in total. The number of hydrogen-bond acceptors (Lipinski definition) is 1. The van der Waals surface area contributed by atoms with Gasteiger partial charge in [-0.25, -0.2) is 0 Å². The van der Waals surface area contributed by atoms with E-state index in [1.54, 1.807) is 0 Å². The maximum Gasteiger partial charge on any atom is 0.0434 e. The fraction of sp³-hybridized carbons (Fsp3) is 0. The van der Waals surface area contributed by atoms with Crippen molar-refractivity contribution in [1.82, 2.24) is 0 Å². The summed E-state index contributed by atoms with van der Waals surface area (Å²) in [7, 11) is 0. The third-order valence-electron chi connectivity index (χ3n) is 10.1. The second-order valence-corrected chi connectivity index (χ2v) is 13.9. The molecular weight excluding hydrogens is 609 g/mol. The maximum absolute atomic E-state index is 2.34. The molecule has 1 heteroatoms. The summed E-state index contributed by atoms with van der Waals surface area (Å²) in [5, 5.41) is 10.4. The SMILES string of the molecule is c1ccc(-c2cccc(-c3c4ccccc4c(-c4ccc(-c5cccc6sc7c8ccccc8ccc7c56)cc4)c4ccccc34)c2)cc1. The molecule has 0 nitrogen and oxygen atoms in total. The van der Waals surface area contributed by atoms with Crippen molar-refractivity contribution in [3.63, 3.8) is 0 Å². The molecular formula is C48H30S. The zero-order valence-corrected chi connectivity index (χ0v) is 27.5. The van der Waals surface area contributed by atoms with Crippen LogP contribution in [0, 0.1) is 0 Å². The summed E-state index contributed by atoms with van der Waals surface area (Å²) in [6.07, 6.45) is 0. The molecule has 0 saturated heterocycles. The van der Waals surface area contributed by atoms with Gasteiger partial charge in [-0.15, -0.1) is 11.3 Å². The number of thiophene rings is 1. The highest BCUT2D eigenvalue weighted by molar-refractivity contribution is 7.26. The van der Waals surface area contributed by atoms with Gasteiger partial charge in [-0.05, 0) is 89.0 Å². The third kappa shape index (κ3) is 4.51. The Labute approximate surface area is 289 Å². The van der Waals surface area contributed by atoms with Crippen LogP contribution in [0.1, 0.15) is 0 Å². The van der Waals surface area contributed by atoms with Gasteiger partial charge in [0, 0.05) is 20.2 Å². The number of rotatable bonds is 4. The van der Waals surface area contributed by atoms with Gasteiger partial charge in [-0.3, -0.25) is 0 Å². The second kappa shape index (κ2) is 11.3. The van der Waals surface area contributed by atoms with Gasteiger partial charge in [0.05, 0.1) is 0 Å². The van der Waals surface area contributed by atoms with Crippen molar-refractivity contribution in [3.05, 3.63) is 182 Å². The lowest BCUT2D eigenvalue weighted by molar-refractivity contribution is 1.61. The summed E-state index contributed by atoms with van der Waals surface area (Å²) in [4.78, 5) is 0. The average molecular weight is 639 g/mol. The summed E-state index contributed by atoms with van der Waals surface area (Å²) in [5.74, 6) is 0.